The molecule has 1 aliphatic heterocycles. The van der Waals surface area contributed by atoms with Crippen LogP contribution in [0.15, 0.2) is 57.7 Å². The normalized spacial score (nSPS) is 16.4. The number of carbonyl (C=O) groups excluding carboxylic acids is 1. The maximum absolute atomic E-state index is 12.6. The molecule has 4 rings (SSSR count). The van der Waals surface area contributed by atoms with Gasteiger partial charge in [-0.3, -0.25) is 4.79 Å². The number of benzene rings is 2. The van der Waals surface area contributed by atoms with Gasteiger partial charge in [-0.2, -0.15) is 0 Å². The third-order valence-electron chi connectivity index (χ3n) is 4.39. The lowest BCUT2D eigenvalue weighted by molar-refractivity contribution is -0.135. The number of esters is 1. The van der Waals surface area contributed by atoms with Gasteiger partial charge >= 0.3 is 11.6 Å². The average Bonchev–Trinajstić information content (AvgIpc) is 2.61. The lowest BCUT2D eigenvalue weighted by Crippen LogP contribution is -2.26. The fraction of sp³-hybridized carbons (Fsp3) is 0.238. The van der Waals surface area contributed by atoms with E-state index in [0.29, 0.717) is 22.3 Å². The van der Waals surface area contributed by atoms with E-state index in [-0.39, 0.29) is 18.5 Å². The summed E-state index contributed by atoms with van der Waals surface area (Å²) in [6.45, 7) is 3.91. The van der Waals surface area contributed by atoms with Crippen molar-refractivity contribution in [3.8, 4) is 11.5 Å². The van der Waals surface area contributed by atoms with E-state index in [4.69, 9.17) is 13.9 Å². The van der Waals surface area contributed by atoms with Crippen molar-refractivity contribution in [3.05, 3.63) is 70.1 Å². The first-order chi connectivity index (χ1) is 12.5. The molecule has 0 aliphatic carbocycles. The Labute approximate surface area is 150 Å². The lowest BCUT2D eigenvalue weighted by atomic mass is 9.86. The first-order valence-corrected chi connectivity index (χ1v) is 8.56. The van der Waals surface area contributed by atoms with Gasteiger partial charge in [0.15, 0.2) is 5.75 Å². The van der Waals surface area contributed by atoms with E-state index < -0.39 is 11.5 Å². The molecule has 2 aromatic carbocycles. The number of fused-ring (bicyclic) bond motifs is 3. The maximum Gasteiger partial charge on any atom is 0.343 e. The predicted molar refractivity (Wildman–Crippen MR) is 96.8 cm³/mol. The summed E-state index contributed by atoms with van der Waals surface area (Å²) in [5.74, 6) is 0.287. The van der Waals surface area contributed by atoms with E-state index >= 15 is 0 Å². The topological polar surface area (TPSA) is 65.7 Å². The molecule has 26 heavy (non-hydrogen) atoms. The van der Waals surface area contributed by atoms with E-state index in [1.807, 2.05) is 44.2 Å². The molecule has 0 radical (unpaired) electrons. The Kier molecular flexibility index (Phi) is 3.99. The van der Waals surface area contributed by atoms with Crippen molar-refractivity contribution in [2.75, 3.05) is 0 Å². The molecule has 0 amide bonds. The van der Waals surface area contributed by atoms with Gasteiger partial charge in [0.05, 0.1) is 23.5 Å². The maximum atomic E-state index is 12.6. The van der Waals surface area contributed by atoms with Crippen molar-refractivity contribution in [3.63, 3.8) is 0 Å². The minimum atomic E-state index is -0.473. The minimum Gasteiger partial charge on any atom is -0.491 e. The van der Waals surface area contributed by atoms with Crippen LogP contribution in [0.5, 0.6) is 11.5 Å². The highest BCUT2D eigenvalue weighted by Gasteiger charge is 2.33. The van der Waals surface area contributed by atoms with Gasteiger partial charge in [-0.25, -0.2) is 4.79 Å². The van der Waals surface area contributed by atoms with E-state index in [0.717, 1.165) is 11.3 Å². The molecular weight excluding hydrogens is 332 g/mol. The third kappa shape index (κ3) is 2.86. The van der Waals surface area contributed by atoms with E-state index in [1.165, 1.54) is 0 Å². The quantitative estimate of drug-likeness (QED) is 0.527. The second kappa shape index (κ2) is 6.33. The number of rotatable bonds is 3. The van der Waals surface area contributed by atoms with E-state index in [2.05, 4.69) is 0 Å². The Morgan fingerprint density at radius 2 is 1.77 bits per heavy atom. The molecule has 0 N–H and O–H groups in total. The zero-order chi connectivity index (χ0) is 18.3. The molecule has 2 heterocycles. The molecule has 132 valence electrons. The van der Waals surface area contributed by atoms with Gasteiger partial charge in [-0.1, -0.05) is 24.3 Å². The van der Waals surface area contributed by atoms with Crippen LogP contribution in [0.25, 0.3) is 11.0 Å². The van der Waals surface area contributed by atoms with Gasteiger partial charge < -0.3 is 13.9 Å². The van der Waals surface area contributed by atoms with Crippen LogP contribution < -0.4 is 15.1 Å². The number of carbonyl (C=O) groups is 1. The Balaban J connectivity index is 1.84. The SMILES string of the molecule is CC(C)Oc1ccc([C@H]2CC(=O)Oc3c2c(=O)oc2ccccc32)cc1. The average molecular weight is 350 g/mol. The van der Waals surface area contributed by atoms with Crippen molar-refractivity contribution in [1.82, 2.24) is 0 Å². The summed E-state index contributed by atoms with van der Waals surface area (Å²) < 4.78 is 16.5. The molecule has 0 fully saturated rings. The summed E-state index contributed by atoms with van der Waals surface area (Å²) >= 11 is 0. The fourth-order valence-corrected chi connectivity index (χ4v) is 3.31. The van der Waals surface area contributed by atoms with E-state index in [1.54, 1.807) is 18.2 Å². The zero-order valence-electron chi connectivity index (χ0n) is 14.5. The molecule has 3 aromatic rings. The Bertz CT molecular complexity index is 1030. The molecule has 0 saturated carbocycles. The molecule has 0 bridgehead atoms. The monoisotopic (exact) mass is 350 g/mol. The molecule has 0 spiro atoms. The number of hydrogen-bond donors (Lipinski definition) is 0. The van der Waals surface area contributed by atoms with Crippen LogP contribution in [0.4, 0.5) is 0 Å². The van der Waals surface area contributed by atoms with Gasteiger partial charge in [0.25, 0.3) is 0 Å². The second-order valence-electron chi connectivity index (χ2n) is 6.59. The number of hydrogen-bond acceptors (Lipinski definition) is 5. The van der Waals surface area contributed by atoms with Gasteiger partial charge in [-0.05, 0) is 43.7 Å². The first kappa shape index (κ1) is 16.4. The second-order valence-corrected chi connectivity index (χ2v) is 6.59. The van der Waals surface area contributed by atoms with Gasteiger partial charge in [0, 0.05) is 5.92 Å². The van der Waals surface area contributed by atoms with Crippen LogP contribution in [0.2, 0.25) is 0 Å². The van der Waals surface area contributed by atoms with Crippen LogP contribution in [0, 0.1) is 0 Å². The highest BCUT2D eigenvalue weighted by atomic mass is 16.5. The van der Waals surface area contributed by atoms with Crippen LogP contribution in [-0.2, 0) is 4.79 Å². The Hall–Kier alpha value is -3.08. The highest BCUT2D eigenvalue weighted by Crippen LogP contribution is 2.40. The van der Waals surface area contributed by atoms with Crippen LogP contribution in [0.3, 0.4) is 0 Å². The Morgan fingerprint density at radius 1 is 1.04 bits per heavy atom. The largest absolute Gasteiger partial charge is 0.491 e. The molecule has 0 saturated heterocycles. The molecular formula is C21H18O5. The first-order valence-electron chi connectivity index (χ1n) is 8.56. The molecule has 1 aliphatic rings. The van der Waals surface area contributed by atoms with Crippen LogP contribution in [0.1, 0.15) is 37.3 Å². The standard InChI is InChI=1S/C21H18O5/c1-12(2)24-14-9-7-13(8-10-14)16-11-18(22)26-20-15-5-3-4-6-17(15)25-21(23)19(16)20/h3-10,12,16H,11H2,1-2H3/t16-/m1/s1. The van der Waals surface area contributed by atoms with Gasteiger partial charge in [0.2, 0.25) is 0 Å². The molecule has 5 nitrogen and oxygen atoms in total. The van der Waals surface area contributed by atoms with Crippen LogP contribution in [-0.4, -0.2) is 12.1 Å². The predicted octanol–water partition coefficient (Wildman–Crippen LogP) is 4.02. The summed E-state index contributed by atoms with van der Waals surface area (Å²) in [4.78, 5) is 24.8. The third-order valence-corrected chi connectivity index (χ3v) is 4.39. The van der Waals surface area contributed by atoms with Crippen molar-refractivity contribution in [2.24, 2.45) is 0 Å². The fourth-order valence-electron chi connectivity index (χ4n) is 3.31. The smallest absolute Gasteiger partial charge is 0.343 e. The molecule has 5 heteroatoms. The molecule has 1 aromatic heterocycles. The van der Waals surface area contributed by atoms with Crippen molar-refractivity contribution in [2.45, 2.75) is 32.3 Å². The van der Waals surface area contributed by atoms with Gasteiger partial charge in [-0.15, -0.1) is 0 Å². The summed E-state index contributed by atoms with van der Waals surface area (Å²) in [5.41, 5.74) is 1.17. The van der Waals surface area contributed by atoms with Crippen molar-refractivity contribution >= 4 is 16.9 Å². The summed E-state index contributed by atoms with van der Waals surface area (Å²) in [6.07, 6.45) is 0.171. The summed E-state index contributed by atoms with van der Waals surface area (Å²) in [6, 6.07) is 14.5. The van der Waals surface area contributed by atoms with Gasteiger partial charge in [0.1, 0.15) is 11.3 Å². The van der Waals surface area contributed by atoms with Crippen LogP contribution >= 0.6 is 0 Å². The minimum absolute atomic E-state index is 0.0737. The molecule has 1 atom stereocenters. The lowest BCUT2D eigenvalue weighted by Gasteiger charge is -2.24. The Morgan fingerprint density at radius 3 is 2.50 bits per heavy atom. The number of para-hydroxylation sites is 1. The van der Waals surface area contributed by atoms with Crippen molar-refractivity contribution < 1.29 is 18.7 Å². The summed E-state index contributed by atoms with van der Waals surface area (Å²) in [5, 5.41) is 0.625. The summed E-state index contributed by atoms with van der Waals surface area (Å²) in [7, 11) is 0. The zero-order valence-corrected chi connectivity index (χ0v) is 14.5. The molecule has 0 unspecified atom stereocenters. The van der Waals surface area contributed by atoms with Crippen molar-refractivity contribution in [1.29, 1.82) is 0 Å². The highest BCUT2D eigenvalue weighted by molar-refractivity contribution is 5.90. The van der Waals surface area contributed by atoms with E-state index in [9.17, 15) is 9.59 Å². The number of ether oxygens (including phenoxy) is 2.